The van der Waals surface area contributed by atoms with E-state index in [0.717, 1.165) is 15.1 Å². The summed E-state index contributed by atoms with van der Waals surface area (Å²) < 4.78 is 0.952. The van der Waals surface area contributed by atoms with E-state index in [4.69, 9.17) is 0 Å². The predicted octanol–water partition coefficient (Wildman–Crippen LogP) is 4.13. The molecule has 0 bridgehead atoms. The van der Waals surface area contributed by atoms with Gasteiger partial charge >= 0.3 is 0 Å². The summed E-state index contributed by atoms with van der Waals surface area (Å²) in [6, 6.07) is 12.7. The molecule has 0 aromatic heterocycles. The van der Waals surface area contributed by atoms with E-state index < -0.39 is 0 Å². The quantitative estimate of drug-likeness (QED) is 0.827. The highest BCUT2D eigenvalue weighted by Crippen LogP contribution is 2.36. The number of benzene rings is 2. The third-order valence-electron chi connectivity index (χ3n) is 3.27. The Kier molecular flexibility index (Phi) is 4.22. The minimum absolute atomic E-state index is 0.0389. The molecule has 6 heteroatoms. The smallest absolute Gasteiger partial charge is 0.255 e. The zero-order valence-electron chi connectivity index (χ0n) is 11.7. The summed E-state index contributed by atoms with van der Waals surface area (Å²) in [5, 5.41) is 5.55. The molecule has 4 nitrogen and oxygen atoms in total. The number of halogens is 1. The second-order valence-electron chi connectivity index (χ2n) is 4.92. The van der Waals surface area contributed by atoms with Crippen molar-refractivity contribution in [1.29, 1.82) is 0 Å². The fraction of sp³-hybridized carbons (Fsp3) is 0.125. The first-order valence-corrected chi connectivity index (χ1v) is 8.39. The molecule has 1 atom stereocenters. The lowest BCUT2D eigenvalue weighted by molar-refractivity contribution is -0.115. The Labute approximate surface area is 140 Å². The van der Waals surface area contributed by atoms with Gasteiger partial charge in [-0.05, 0) is 49.4 Å². The number of nitrogens with one attached hydrogen (secondary N) is 2. The molecular weight excluding hydrogens is 364 g/mol. The summed E-state index contributed by atoms with van der Waals surface area (Å²) in [6.07, 6.45) is 0. The average Bonchev–Trinajstić information content (AvgIpc) is 2.50. The molecule has 0 radical (unpaired) electrons. The number of thioether (sulfide) groups is 1. The molecular formula is C16H13BrN2O2S. The Morgan fingerprint density at radius 1 is 1.23 bits per heavy atom. The Bertz CT molecular complexity index is 746. The first-order valence-electron chi connectivity index (χ1n) is 6.71. The number of carbonyl (C=O) groups is 2. The zero-order valence-corrected chi connectivity index (χ0v) is 14.1. The lowest BCUT2D eigenvalue weighted by atomic mass is 10.1. The van der Waals surface area contributed by atoms with Crippen molar-refractivity contribution >= 4 is 50.9 Å². The molecule has 2 aromatic rings. The second-order valence-corrected chi connectivity index (χ2v) is 7.22. The van der Waals surface area contributed by atoms with Crippen molar-refractivity contribution in [3.05, 3.63) is 52.5 Å². The molecule has 0 aliphatic carbocycles. The molecule has 2 aromatic carbocycles. The van der Waals surface area contributed by atoms with Gasteiger partial charge in [0.25, 0.3) is 5.91 Å². The first kappa shape index (κ1) is 15.1. The molecule has 112 valence electrons. The van der Waals surface area contributed by atoms with Crippen molar-refractivity contribution < 1.29 is 9.59 Å². The van der Waals surface area contributed by atoms with Crippen molar-refractivity contribution in [1.82, 2.24) is 0 Å². The van der Waals surface area contributed by atoms with Gasteiger partial charge in [-0.3, -0.25) is 9.59 Å². The number of anilines is 2. The van der Waals surface area contributed by atoms with E-state index in [-0.39, 0.29) is 17.1 Å². The molecule has 3 rings (SSSR count). The van der Waals surface area contributed by atoms with Crippen molar-refractivity contribution in [3.8, 4) is 0 Å². The molecule has 1 heterocycles. The topological polar surface area (TPSA) is 58.2 Å². The molecule has 0 saturated carbocycles. The highest BCUT2D eigenvalue weighted by atomic mass is 79.9. The Hall–Kier alpha value is -1.79. The van der Waals surface area contributed by atoms with Crippen molar-refractivity contribution in [2.45, 2.75) is 17.1 Å². The monoisotopic (exact) mass is 376 g/mol. The summed E-state index contributed by atoms with van der Waals surface area (Å²) in [5.41, 5.74) is 1.92. The number of carbonyl (C=O) groups excluding carboxylic acids is 2. The first-order chi connectivity index (χ1) is 10.5. The van der Waals surface area contributed by atoms with Crippen LogP contribution in [0.15, 0.2) is 51.8 Å². The van der Waals surface area contributed by atoms with Crippen LogP contribution in [0.2, 0.25) is 0 Å². The van der Waals surface area contributed by atoms with Crippen molar-refractivity contribution in [2.24, 2.45) is 0 Å². The van der Waals surface area contributed by atoms with E-state index in [1.807, 2.05) is 37.3 Å². The van der Waals surface area contributed by atoms with Gasteiger partial charge in [0, 0.05) is 20.6 Å². The van der Waals surface area contributed by atoms with Crippen LogP contribution in [0.1, 0.15) is 17.3 Å². The van der Waals surface area contributed by atoms with E-state index in [9.17, 15) is 9.59 Å². The molecule has 0 saturated heterocycles. The maximum atomic E-state index is 12.3. The van der Waals surface area contributed by atoms with Gasteiger partial charge in [0.2, 0.25) is 5.91 Å². The Morgan fingerprint density at radius 2 is 1.95 bits per heavy atom. The number of hydrogen-bond donors (Lipinski definition) is 2. The minimum Gasteiger partial charge on any atom is -0.324 e. The predicted molar refractivity (Wildman–Crippen MR) is 92.5 cm³/mol. The van der Waals surface area contributed by atoms with Crippen LogP contribution >= 0.6 is 27.7 Å². The normalized spacial score (nSPS) is 16.6. The highest BCUT2D eigenvalue weighted by molar-refractivity contribution is 9.10. The summed E-state index contributed by atoms with van der Waals surface area (Å²) >= 11 is 4.85. The molecule has 0 unspecified atom stereocenters. The number of hydrogen-bond acceptors (Lipinski definition) is 3. The summed E-state index contributed by atoms with van der Waals surface area (Å²) in [7, 11) is 0. The third-order valence-corrected chi connectivity index (χ3v) is 4.98. The average molecular weight is 377 g/mol. The van der Waals surface area contributed by atoms with Crippen LogP contribution in [-0.4, -0.2) is 17.1 Å². The van der Waals surface area contributed by atoms with Gasteiger partial charge in [-0.1, -0.05) is 15.9 Å². The molecule has 0 spiro atoms. The van der Waals surface area contributed by atoms with Crippen molar-refractivity contribution in [3.63, 3.8) is 0 Å². The van der Waals surface area contributed by atoms with Gasteiger partial charge in [0.05, 0.1) is 10.9 Å². The fourth-order valence-electron chi connectivity index (χ4n) is 2.09. The van der Waals surface area contributed by atoms with Crippen LogP contribution in [0.3, 0.4) is 0 Å². The van der Waals surface area contributed by atoms with Crippen LogP contribution in [0, 0.1) is 0 Å². The van der Waals surface area contributed by atoms with E-state index >= 15 is 0 Å². The SMILES string of the molecule is C[C@@H]1Sc2ccc(C(=O)Nc3ccc(Br)cc3)cc2NC1=O. The minimum atomic E-state index is -0.206. The van der Waals surface area contributed by atoms with Crippen LogP contribution < -0.4 is 10.6 Å². The molecule has 1 aliphatic rings. The van der Waals surface area contributed by atoms with Gasteiger partial charge in [-0.15, -0.1) is 11.8 Å². The van der Waals surface area contributed by atoms with Gasteiger partial charge in [-0.2, -0.15) is 0 Å². The fourth-order valence-corrected chi connectivity index (χ4v) is 3.28. The Balaban J connectivity index is 1.80. The largest absolute Gasteiger partial charge is 0.324 e. The zero-order chi connectivity index (χ0) is 15.7. The summed E-state index contributed by atoms with van der Waals surface area (Å²) in [5.74, 6) is -0.244. The van der Waals surface area contributed by atoms with Crippen LogP contribution in [0.5, 0.6) is 0 Å². The maximum absolute atomic E-state index is 12.3. The molecule has 2 N–H and O–H groups in total. The molecule has 1 aliphatic heterocycles. The maximum Gasteiger partial charge on any atom is 0.255 e. The van der Waals surface area contributed by atoms with Gasteiger partial charge in [0.15, 0.2) is 0 Å². The number of amides is 2. The van der Waals surface area contributed by atoms with Gasteiger partial charge in [0.1, 0.15) is 0 Å². The van der Waals surface area contributed by atoms with Crippen molar-refractivity contribution in [2.75, 3.05) is 10.6 Å². The number of rotatable bonds is 2. The summed E-state index contributed by atoms with van der Waals surface area (Å²) in [6.45, 7) is 1.86. The van der Waals surface area contributed by atoms with Crippen LogP contribution in [0.25, 0.3) is 0 Å². The molecule has 2 amide bonds. The lowest BCUT2D eigenvalue weighted by Crippen LogP contribution is -2.26. The molecule has 22 heavy (non-hydrogen) atoms. The second kappa shape index (κ2) is 6.14. The third kappa shape index (κ3) is 3.18. The molecule has 0 fully saturated rings. The van der Waals surface area contributed by atoms with E-state index in [1.54, 1.807) is 12.1 Å². The number of fused-ring (bicyclic) bond motifs is 1. The standard InChI is InChI=1S/C16H13BrN2O2S/c1-9-15(20)19-13-8-10(2-7-14(13)22-9)16(21)18-12-5-3-11(17)4-6-12/h2-9H,1H3,(H,18,21)(H,19,20)/t9-/m0/s1. The van der Waals surface area contributed by atoms with Crippen LogP contribution in [0.4, 0.5) is 11.4 Å². The summed E-state index contributed by atoms with van der Waals surface area (Å²) in [4.78, 5) is 25.0. The van der Waals surface area contributed by atoms with Gasteiger partial charge in [-0.25, -0.2) is 0 Å². The Morgan fingerprint density at radius 3 is 2.68 bits per heavy atom. The highest BCUT2D eigenvalue weighted by Gasteiger charge is 2.23. The van der Waals surface area contributed by atoms with Crippen LogP contribution in [-0.2, 0) is 4.79 Å². The van der Waals surface area contributed by atoms with E-state index in [1.165, 1.54) is 11.8 Å². The van der Waals surface area contributed by atoms with E-state index in [2.05, 4.69) is 26.6 Å². The van der Waals surface area contributed by atoms with Gasteiger partial charge < -0.3 is 10.6 Å². The van der Waals surface area contributed by atoms with E-state index in [0.29, 0.717) is 11.3 Å². The lowest BCUT2D eigenvalue weighted by Gasteiger charge is -2.21.